The molecular weight excluding hydrogens is 318 g/mol. The van der Waals surface area contributed by atoms with E-state index < -0.39 is 11.8 Å². The summed E-state index contributed by atoms with van der Waals surface area (Å²) < 4.78 is 0. The summed E-state index contributed by atoms with van der Waals surface area (Å²) in [5, 5.41) is 4.98. The van der Waals surface area contributed by atoms with E-state index in [1.54, 1.807) is 18.2 Å². The fourth-order valence-corrected chi connectivity index (χ4v) is 2.86. The van der Waals surface area contributed by atoms with Gasteiger partial charge in [-0.3, -0.25) is 19.7 Å². The molecule has 128 valence electrons. The van der Waals surface area contributed by atoms with Crippen molar-refractivity contribution in [3.63, 3.8) is 0 Å². The van der Waals surface area contributed by atoms with Crippen molar-refractivity contribution in [2.45, 2.75) is 13.8 Å². The average molecular weight is 337 g/mol. The Bertz CT molecular complexity index is 839. The third kappa shape index (κ3) is 3.24. The van der Waals surface area contributed by atoms with Crippen molar-refractivity contribution in [1.82, 2.24) is 5.32 Å². The number of carbonyl (C=O) groups is 3. The number of nitrogens with one attached hydrogen (secondary N) is 2. The van der Waals surface area contributed by atoms with Gasteiger partial charge in [0.1, 0.15) is 0 Å². The first-order chi connectivity index (χ1) is 12.0. The maximum Gasteiger partial charge on any atom is 0.259 e. The molecule has 0 saturated heterocycles. The summed E-state index contributed by atoms with van der Waals surface area (Å²) in [7, 11) is 0. The van der Waals surface area contributed by atoms with Crippen LogP contribution < -0.4 is 15.5 Å². The highest BCUT2D eigenvalue weighted by molar-refractivity contribution is 6.22. The number of nitrogens with zero attached hydrogens (tertiary/aromatic N) is 1. The largest absolute Gasteiger partial charge is 0.372 e. The first-order valence-corrected chi connectivity index (χ1v) is 8.19. The molecular formula is C19H19N3O3. The van der Waals surface area contributed by atoms with E-state index in [9.17, 15) is 14.4 Å². The van der Waals surface area contributed by atoms with Gasteiger partial charge < -0.3 is 10.2 Å². The Hall–Kier alpha value is -3.15. The van der Waals surface area contributed by atoms with Crippen LogP contribution in [0.15, 0.2) is 42.5 Å². The number of benzene rings is 2. The smallest absolute Gasteiger partial charge is 0.259 e. The van der Waals surface area contributed by atoms with Crippen molar-refractivity contribution >= 4 is 29.1 Å². The molecule has 3 amide bonds. The molecule has 1 aliphatic heterocycles. The van der Waals surface area contributed by atoms with Crippen LogP contribution in [0.4, 0.5) is 11.4 Å². The summed E-state index contributed by atoms with van der Waals surface area (Å²) in [6.45, 7) is 5.97. The van der Waals surface area contributed by atoms with E-state index in [1.807, 2.05) is 12.1 Å². The van der Waals surface area contributed by atoms with Gasteiger partial charge in [0.05, 0.1) is 11.1 Å². The van der Waals surface area contributed by atoms with E-state index in [0.29, 0.717) is 16.8 Å². The van der Waals surface area contributed by atoms with Crippen LogP contribution in [-0.2, 0) is 0 Å². The summed E-state index contributed by atoms with van der Waals surface area (Å²) in [6.07, 6.45) is 0. The molecule has 0 bridgehead atoms. The predicted molar refractivity (Wildman–Crippen MR) is 96.2 cm³/mol. The average Bonchev–Trinajstić information content (AvgIpc) is 2.90. The normalized spacial score (nSPS) is 12.6. The van der Waals surface area contributed by atoms with Gasteiger partial charge in [0.25, 0.3) is 17.7 Å². The molecule has 0 spiro atoms. The van der Waals surface area contributed by atoms with Gasteiger partial charge in [-0.25, -0.2) is 0 Å². The van der Waals surface area contributed by atoms with Gasteiger partial charge in [0.15, 0.2) is 0 Å². The lowest BCUT2D eigenvalue weighted by molar-refractivity contribution is 0.0878. The zero-order valence-corrected chi connectivity index (χ0v) is 14.1. The number of hydrogen-bond donors (Lipinski definition) is 2. The van der Waals surface area contributed by atoms with Crippen LogP contribution in [0.5, 0.6) is 0 Å². The summed E-state index contributed by atoms with van der Waals surface area (Å²) in [6, 6.07) is 12.0. The highest BCUT2D eigenvalue weighted by Crippen LogP contribution is 2.21. The van der Waals surface area contributed by atoms with Crippen LogP contribution in [0.2, 0.25) is 0 Å². The molecule has 0 fully saturated rings. The molecule has 2 aromatic rings. The van der Waals surface area contributed by atoms with Gasteiger partial charge in [-0.15, -0.1) is 0 Å². The van der Waals surface area contributed by atoms with E-state index in [2.05, 4.69) is 29.4 Å². The minimum atomic E-state index is -0.445. The number of carbonyl (C=O) groups excluding carboxylic acids is 3. The zero-order valence-electron chi connectivity index (χ0n) is 14.1. The van der Waals surface area contributed by atoms with Gasteiger partial charge in [0, 0.05) is 30.0 Å². The number of anilines is 2. The second kappa shape index (κ2) is 6.76. The van der Waals surface area contributed by atoms with Crippen molar-refractivity contribution in [3.8, 4) is 0 Å². The first-order valence-electron chi connectivity index (χ1n) is 8.19. The number of amides is 3. The molecule has 25 heavy (non-hydrogen) atoms. The molecule has 0 radical (unpaired) electrons. The van der Waals surface area contributed by atoms with Gasteiger partial charge in [0.2, 0.25) is 0 Å². The van der Waals surface area contributed by atoms with Crippen molar-refractivity contribution in [1.29, 1.82) is 0 Å². The minimum absolute atomic E-state index is 0.268. The monoisotopic (exact) mass is 337 g/mol. The van der Waals surface area contributed by atoms with Crippen molar-refractivity contribution in [3.05, 3.63) is 59.2 Å². The Morgan fingerprint density at radius 2 is 1.60 bits per heavy atom. The predicted octanol–water partition coefficient (Wildman–Crippen LogP) is 2.67. The van der Waals surface area contributed by atoms with Crippen LogP contribution in [0.25, 0.3) is 0 Å². The molecule has 0 unspecified atom stereocenters. The van der Waals surface area contributed by atoms with Crippen LogP contribution in [0, 0.1) is 0 Å². The highest BCUT2D eigenvalue weighted by atomic mass is 16.2. The quantitative estimate of drug-likeness (QED) is 0.822. The molecule has 1 aliphatic rings. The highest BCUT2D eigenvalue weighted by Gasteiger charge is 2.26. The van der Waals surface area contributed by atoms with Crippen molar-refractivity contribution < 1.29 is 14.4 Å². The lowest BCUT2D eigenvalue weighted by Crippen LogP contribution is -2.21. The maximum absolute atomic E-state index is 12.4. The van der Waals surface area contributed by atoms with Crippen molar-refractivity contribution in [2.24, 2.45) is 0 Å². The van der Waals surface area contributed by atoms with E-state index >= 15 is 0 Å². The molecule has 6 nitrogen and oxygen atoms in total. The van der Waals surface area contributed by atoms with Gasteiger partial charge in [-0.1, -0.05) is 0 Å². The third-order valence-corrected chi connectivity index (χ3v) is 4.25. The molecule has 1 heterocycles. The fraction of sp³-hybridized carbons (Fsp3) is 0.211. The molecule has 6 heteroatoms. The van der Waals surface area contributed by atoms with Gasteiger partial charge >= 0.3 is 0 Å². The zero-order chi connectivity index (χ0) is 18.0. The van der Waals surface area contributed by atoms with Crippen LogP contribution in [0.3, 0.4) is 0 Å². The number of imide groups is 1. The summed E-state index contributed by atoms with van der Waals surface area (Å²) in [4.78, 5) is 37.8. The van der Waals surface area contributed by atoms with E-state index in [4.69, 9.17) is 0 Å². The standard InChI is InChI=1S/C19H19N3O3/c1-3-22(4-2)14-8-5-12(6-9-14)17(23)20-13-7-10-15-16(11-13)19(25)21-18(15)24/h5-11H,3-4H2,1-2H3,(H,20,23)(H,21,24,25). The fourth-order valence-electron chi connectivity index (χ4n) is 2.86. The molecule has 0 saturated carbocycles. The topological polar surface area (TPSA) is 78.5 Å². The minimum Gasteiger partial charge on any atom is -0.372 e. The second-order valence-corrected chi connectivity index (χ2v) is 5.72. The van der Waals surface area contributed by atoms with Crippen LogP contribution in [-0.4, -0.2) is 30.8 Å². The lowest BCUT2D eigenvalue weighted by atomic mass is 10.1. The number of rotatable bonds is 5. The molecule has 0 atom stereocenters. The lowest BCUT2D eigenvalue weighted by Gasteiger charge is -2.21. The van der Waals surface area contributed by atoms with Gasteiger partial charge in [-0.05, 0) is 56.3 Å². The Labute approximate surface area is 145 Å². The van der Waals surface area contributed by atoms with Crippen LogP contribution in [0.1, 0.15) is 44.9 Å². The number of fused-ring (bicyclic) bond motifs is 1. The number of hydrogen-bond acceptors (Lipinski definition) is 4. The Kier molecular flexibility index (Phi) is 4.52. The van der Waals surface area contributed by atoms with Gasteiger partial charge in [-0.2, -0.15) is 0 Å². The summed E-state index contributed by atoms with van der Waals surface area (Å²) in [5.41, 5.74) is 2.67. The second-order valence-electron chi connectivity index (χ2n) is 5.72. The molecule has 2 aromatic carbocycles. The van der Waals surface area contributed by atoms with E-state index in [0.717, 1.165) is 18.8 Å². The summed E-state index contributed by atoms with van der Waals surface area (Å²) >= 11 is 0. The third-order valence-electron chi connectivity index (χ3n) is 4.25. The maximum atomic E-state index is 12.4. The summed E-state index contributed by atoms with van der Waals surface area (Å²) in [5.74, 6) is -1.12. The molecule has 0 aliphatic carbocycles. The first kappa shape index (κ1) is 16.7. The van der Waals surface area contributed by atoms with Crippen molar-refractivity contribution in [2.75, 3.05) is 23.3 Å². The Morgan fingerprint density at radius 3 is 2.24 bits per heavy atom. The van der Waals surface area contributed by atoms with E-state index in [1.165, 1.54) is 12.1 Å². The SMILES string of the molecule is CCN(CC)c1ccc(C(=O)Nc2ccc3c(c2)C(=O)NC3=O)cc1. The van der Waals surface area contributed by atoms with Crippen LogP contribution >= 0.6 is 0 Å². The molecule has 3 rings (SSSR count). The Morgan fingerprint density at radius 1 is 0.960 bits per heavy atom. The Balaban J connectivity index is 1.76. The molecule has 0 aromatic heterocycles. The molecule has 2 N–H and O–H groups in total. The van der Waals surface area contributed by atoms with E-state index in [-0.39, 0.29) is 11.5 Å².